The Labute approximate surface area is 78.1 Å². The van der Waals surface area contributed by atoms with Crippen LogP contribution in [0.2, 0.25) is 0 Å². The van der Waals surface area contributed by atoms with Gasteiger partial charge in [-0.2, -0.15) is 0 Å². The second-order valence-electron chi connectivity index (χ2n) is 2.89. The maximum atomic E-state index is 3.21. The molecule has 66 valence electrons. The van der Waals surface area contributed by atoms with Crippen molar-refractivity contribution in [2.75, 3.05) is 0 Å². The third-order valence-electron chi connectivity index (χ3n) is 2.01. The lowest BCUT2D eigenvalue weighted by Crippen LogP contribution is -2.29. The minimum Gasteiger partial charge on any atom is -0.326 e. The van der Waals surface area contributed by atoms with Crippen molar-refractivity contribution in [3.8, 4) is 5.69 Å². The smallest absolute Gasteiger partial charge is 0.243 e. The molecule has 0 fully saturated rings. The van der Waals surface area contributed by atoms with Gasteiger partial charge in [0.25, 0.3) is 0 Å². The number of benzene rings is 1. The molecule has 1 aromatic heterocycles. The van der Waals surface area contributed by atoms with Crippen LogP contribution in [0.15, 0.2) is 42.7 Å². The number of aryl methyl sites for hydroxylation is 1. The first-order valence-electron chi connectivity index (χ1n) is 4.45. The Morgan fingerprint density at radius 3 is 2.69 bits per heavy atom. The molecule has 13 heavy (non-hydrogen) atoms. The molecule has 0 bridgehead atoms. The van der Waals surface area contributed by atoms with E-state index in [1.165, 1.54) is 0 Å². The number of nitrogens with zero attached hydrogens (tertiary/aromatic N) is 2. The number of imidazole rings is 1. The summed E-state index contributed by atoms with van der Waals surface area (Å²) in [7, 11) is 0. The van der Waals surface area contributed by atoms with Crippen LogP contribution in [-0.2, 0) is 6.54 Å². The topological polar surface area (TPSA) is 8.81 Å². The van der Waals surface area contributed by atoms with Crippen LogP contribution >= 0.6 is 0 Å². The molecule has 0 radical (unpaired) electrons. The normalized spacial score (nSPS) is 10.2. The van der Waals surface area contributed by atoms with Crippen LogP contribution in [0.4, 0.5) is 0 Å². The third-order valence-corrected chi connectivity index (χ3v) is 2.01. The Kier molecular flexibility index (Phi) is 2.13. The molecule has 2 aromatic rings. The number of rotatable bonds is 2. The van der Waals surface area contributed by atoms with Crippen LogP contribution < -0.4 is 4.57 Å². The summed E-state index contributed by atoms with van der Waals surface area (Å²) < 4.78 is 4.01. The average Bonchev–Trinajstić information content (AvgIpc) is 2.67. The highest BCUT2D eigenvalue weighted by atomic mass is 15.1. The minimum atomic E-state index is 0.958. The molecule has 2 nitrogen and oxygen atoms in total. The van der Waals surface area contributed by atoms with Gasteiger partial charge in [-0.1, -0.05) is 30.3 Å². The molecular formula is C11H12N2. The molecule has 0 aliphatic rings. The SMILES string of the molecule is CC[n+]1[c-]n(-c2ccccc2)cc1. The van der Waals surface area contributed by atoms with Crippen molar-refractivity contribution in [2.45, 2.75) is 13.5 Å². The standard InChI is InChI=1S/C11H12N2/c1-2-12-8-9-13(10-12)11-6-4-3-5-7-11/h3-9H,2H2,1H3. The number of hydrogen-bond acceptors (Lipinski definition) is 0. The van der Waals surface area contributed by atoms with Gasteiger partial charge >= 0.3 is 0 Å². The lowest BCUT2D eigenvalue weighted by atomic mass is 10.3. The molecule has 0 aliphatic heterocycles. The average molecular weight is 172 g/mol. The van der Waals surface area contributed by atoms with Gasteiger partial charge in [0.2, 0.25) is 6.33 Å². The summed E-state index contributed by atoms with van der Waals surface area (Å²) in [4.78, 5) is 0. The molecule has 2 rings (SSSR count). The zero-order valence-corrected chi connectivity index (χ0v) is 7.64. The molecule has 1 heterocycles. The molecule has 2 heteroatoms. The maximum absolute atomic E-state index is 3.21. The quantitative estimate of drug-likeness (QED) is 0.480. The van der Waals surface area contributed by atoms with Crippen molar-refractivity contribution in [1.82, 2.24) is 4.57 Å². The van der Waals surface area contributed by atoms with Gasteiger partial charge in [-0.15, -0.1) is 0 Å². The molecule has 0 atom stereocenters. The second kappa shape index (κ2) is 3.44. The second-order valence-corrected chi connectivity index (χ2v) is 2.89. The molecule has 0 amide bonds. The van der Waals surface area contributed by atoms with E-state index < -0.39 is 0 Å². The monoisotopic (exact) mass is 172 g/mol. The minimum absolute atomic E-state index is 0.958. The van der Waals surface area contributed by atoms with Crippen LogP contribution in [0.3, 0.4) is 0 Å². The van der Waals surface area contributed by atoms with E-state index in [9.17, 15) is 0 Å². The fourth-order valence-corrected chi connectivity index (χ4v) is 1.26. The van der Waals surface area contributed by atoms with Crippen molar-refractivity contribution in [1.29, 1.82) is 0 Å². The van der Waals surface area contributed by atoms with Crippen molar-refractivity contribution < 1.29 is 4.57 Å². The lowest BCUT2D eigenvalue weighted by molar-refractivity contribution is -0.696. The maximum Gasteiger partial charge on any atom is 0.243 e. The first-order valence-corrected chi connectivity index (χ1v) is 4.45. The fraction of sp³-hybridized carbons (Fsp3) is 0.182. The largest absolute Gasteiger partial charge is 0.326 e. The Morgan fingerprint density at radius 2 is 2.08 bits per heavy atom. The third kappa shape index (κ3) is 1.61. The van der Waals surface area contributed by atoms with Crippen LogP contribution in [-0.4, -0.2) is 4.57 Å². The van der Waals surface area contributed by atoms with Gasteiger partial charge in [0, 0.05) is 12.4 Å². The summed E-state index contributed by atoms with van der Waals surface area (Å²) in [6, 6.07) is 10.2. The number of hydrogen-bond donors (Lipinski definition) is 0. The van der Waals surface area contributed by atoms with Gasteiger partial charge in [0.15, 0.2) is 0 Å². The molecule has 0 aliphatic carbocycles. The van der Waals surface area contributed by atoms with E-state index in [1.807, 2.05) is 39.7 Å². The van der Waals surface area contributed by atoms with Crippen LogP contribution in [0.1, 0.15) is 6.92 Å². The molecule has 0 N–H and O–H groups in total. The summed E-state index contributed by atoms with van der Waals surface area (Å²) in [5.41, 5.74) is 1.15. The van der Waals surface area contributed by atoms with Gasteiger partial charge in [0.05, 0.1) is 12.2 Å². The first-order chi connectivity index (χ1) is 6.40. The highest BCUT2D eigenvalue weighted by Gasteiger charge is 1.95. The van der Waals surface area contributed by atoms with E-state index >= 15 is 0 Å². The Balaban J connectivity index is 2.36. The van der Waals surface area contributed by atoms with E-state index in [0.717, 1.165) is 12.2 Å². The van der Waals surface area contributed by atoms with Gasteiger partial charge in [-0.25, -0.2) is 0 Å². The van der Waals surface area contributed by atoms with Crippen molar-refractivity contribution in [3.05, 3.63) is 49.1 Å². The van der Waals surface area contributed by atoms with Gasteiger partial charge < -0.3 is 9.13 Å². The summed E-state index contributed by atoms with van der Waals surface area (Å²) >= 11 is 0. The van der Waals surface area contributed by atoms with Gasteiger partial charge in [-0.05, 0) is 6.92 Å². The molecule has 0 saturated carbocycles. The summed E-state index contributed by atoms with van der Waals surface area (Å²) in [6.45, 7) is 3.06. The summed E-state index contributed by atoms with van der Waals surface area (Å²) in [5, 5.41) is 0. The van der Waals surface area contributed by atoms with Crippen molar-refractivity contribution in [3.63, 3.8) is 0 Å². The highest BCUT2D eigenvalue weighted by molar-refractivity contribution is 5.29. The van der Waals surface area contributed by atoms with E-state index in [0.29, 0.717) is 0 Å². The van der Waals surface area contributed by atoms with Crippen LogP contribution in [0, 0.1) is 6.33 Å². The molecule has 0 saturated heterocycles. The van der Waals surface area contributed by atoms with E-state index in [1.54, 1.807) is 0 Å². The molecule has 0 spiro atoms. The predicted molar refractivity (Wildman–Crippen MR) is 50.5 cm³/mol. The number of aromatic nitrogens is 2. The summed E-state index contributed by atoms with van der Waals surface area (Å²) in [5.74, 6) is 0. The van der Waals surface area contributed by atoms with Crippen molar-refractivity contribution >= 4 is 0 Å². The van der Waals surface area contributed by atoms with Crippen LogP contribution in [0.5, 0.6) is 0 Å². The van der Waals surface area contributed by atoms with E-state index in [4.69, 9.17) is 0 Å². The highest BCUT2D eigenvalue weighted by Crippen LogP contribution is 2.03. The lowest BCUT2D eigenvalue weighted by Gasteiger charge is -1.99. The van der Waals surface area contributed by atoms with E-state index in [2.05, 4.69) is 25.4 Å². The Bertz CT molecular complexity index is 376. The van der Waals surface area contributed by atoms with Crippen LogP contribution in [0.25, 0.3) is 5.69 Å². The molecular weight excluding hydrogens is 160 g/mol. The zero-order valence-electron chi connectivity index (χ0n) is 7.64. The molecule has 1 aromatic carbocycles. The van der Waals surface area contributed by atoms with Gasteiger partial charge in [0.1, 0.15) is 0 Å². The zero-order chi connectivity index (χ0) is 9.10. The number of para-hydroxylation sites is 1. The Morgan fingerprint density at radius 1 is 1.31 bits per heavy atom. The van der Waals surface area contributed by atoms with Crippen molar-refractivity contribution in [2.24, 2.45) is 0 Å². The predicted octanol–water partition coefficient (Wildman–Crippen LogP) is 1.58. The first kappa shape index (κ1) is 8.05. The van der Waals surface area contributed by atoms with Gasteiger partial charge in [-0.3, -0.25) is 0 Å². The summed E-state index contributed by atoms with van der Waals surface area (Å²) in [6.07, 6.45) is 7.25. The van der Waals surface area contributed by atoms with E-state index in [-0.39, 0.29) is 0 Å². The molecule has 0 unspecified atom stereocenters. The Hall–Kier alpha value is -1.57. The fourth-order valence-electron chi connectivity index (χ4n) is 1.26.